The largest absolute Gasteiger partial charge is 0.316 e. The molecule has 2 aliphatic heterocycles. The molecule has 0 aromatic carbocycles. The third-order valence-corrected chi connectivity index (χ3v) is 4.44. The summed E-state index contributed by atoms with van der Waals surface area (Å²) in [5.41, 5.74) is 1.15. The minimum atomic E-state index is 0.149. The van der Waals surface area contributed by atoms with Crippen molar-refractivity contribution in [3.05, 3.63) is 27.9 Å². The predicted octanol–water partition coefficient (Wildman–Crippen LogP) is 1.68. The van der Waals surface area contributed by atoms with Crippen molar-refractivity contribution in [2.75, 3.05) is 13.1 Å². The van der Waals surface area contributed by atoms with Crippen LogP contribution in [-0.2, 0) is 12.8 Å². The Hall–Kier alpha value is -1.16. The molecule has 1 aromatic rings. The van der Waals surface area contributed by atoms with E-state index in [2.05, 4.69) is 12.2 Å². The molecule has 0 radical (unpaired) electrons. The number of hydrogen-bond acceptors (Lipinski definition) is 3. The molecule has 1 saturated heterocycles. The van der Waals surface area contributed by atoms with Gasteiger partial charge < -0.3 is 5.32 Å². The van der Waals surface area contributed by atoms with Crippen LogP contribution in [0.2, 0.25) is 0 Å². The Balaban J connectivity index is 1.83. The topological polar surface area (TPSA) is 46.9 Å². The quantitative estimate of drug-likeness (QED) is 0.881. The van der Waals surface area contributed by atoms with E-state index in [9.17, 15) is 4.79 Å². The fourth-order valence-electron chi connectivity index (χ4n) is 3.42. The zero-order valence-corrected chi connectivity index (χ0v) is 11.7. The molecule has 1 aromatic heterocycles. The minimum Gasteiger partial charge on any atom is -0.316 e. The van der Waals surface area contributed by atoms with Crippen LogP contribution in [0.5, 0.6) is 0 Å². The van der Waals surface area contributed by atoms with Crippen molar-refractivity contribution in [1.29, 1.82) is 0 Å². The molecule has 104 valence electrons. The number of nitrogens with one attached hydrogen (secondary N) is 1. The van der Waals surface area contributed by atoms with Gasteiger partial charge in [-0.25, -0.2) is 4.98 Å². The summed E-state index contributed by atoms with van der Waals surface area (Å²) in [6, 6.07) is 2.08. The number of rotatable bonds is 2. The highest BCUT2D eigenvalue weighted by Gasteiger charge is 2.20. The predicted molar refractivity (Wildman–Crippen MR) is 75.4 cm³/mol. The lowest BCUT2D eigenvalue weighted by Gasteiger charge is -2.26. The van der Waals surface area contributed by atoms with E-state index in [1.807, 2.05) is 4.57 Å². The lowest BCUT2D eigenvalue weighted by molar-refractivity contribution is 0.367. The van der Waals surface area contributed by atoms with Gasteiger partial charge in [0.05, 0.1) is 0 Å². The molecular formula is C15H23N3O. The van der Waals surface area contributed by atoms with E-state index in [1.54, 1.807) is 6.07 Å². The average Bonchev–Trinajstić information content (AvgIpc) is 2.39. The SMILES string of the molecule is CC1CCCc2nc(CC3CCCNC3)cc(=O)n21. The van der Waals surface area contributed by atoms with Gasteiger partial charge in [-0.15, -0.1) is 0 Å². The molecule has 2 atom stereocenters. The first-order chi connectivity index (χ1) is 9.24. The van der Waals surface area contributed by atoms with Gasteiger partial charge in [-0.3, -0.25) is 9.36 Å². The van der Waals surface area contributed by atoms with Gasteiger partial charge in [-0.1, -0.05) is 0 Å². The highest BCUT2D eigenvalue weighted by Crippen LogP contribution is 2.22. The van der Waals surface area contributed by atoms with Gasteiger partial charge in [0.25, 0.3) is 5.56 Å². The number of fused-ring (bicyclic) bond motifs is 1. The molecule has 0 saturated carbocycles. The first-order valence-corrected chi connectivity index (χ1v) is 7.56. The van der Waals surface area contributed by atoms with Crippen LogP contribution in [0.25, 0.3) is 0 Å². The zero-order chi connectivity index (χ0) is 13.2. The molecule has 1 fully saturated rings. The van der Waals surface area contributed by atoms with Crippen LogP contribution >= 0.6 is 0 Å². The minimum absolute atomic E-state index is 0.149. The normalized spacial score (nSPS) is 27.0. The van der Waals surface area contributed by atoms with Gasteiger partial charge in [0.15, 0.2) is 0 Å². The molecule has 2 unspecified atom stereocenters. The molecule has 19 heavy (non-hydrogen) atoms. The third kappa shape index (κ3) is 2.73. The van der Waals surface area contributed by atoms with E-state index in [0.717, 1.165) is 50.3 Å². The van der Waals surface area contributed by atoms with Crippen LogP contribution in [0, 0.1) is 5.92 Å². The second kappa shape index (κ2) is 5.45. The number of aromatic nitrogens is 2. The Morgan fingerprint density at radius 1 is 1.42 bits per heavy atom. The van der Waals surface area contributed by atoms with E-state index in [1.165, 1.54) is 12.8 Å². The smallest absolute Gasteiger partial charge is 0.253 e. The second-order valence-electron chi connectivity index (χ2n) is 6.03. The first kappa shape index (κ1) is 12.9. The van der Waals surface area contributed by atoms with E-state index >= 15 is 0 Å². The summed E-state index contributed by atoms with van der Waals surface area (Å²) in [4.78, 5) is 17.0. The number of hydrogen-bond donors (Lipinski definition) is 1. The lowest BCUT2D eigenvalue weighted by Crippen LogP contribution is -2.33. The molecule has 4 heteroatoms. The molecule has 4 nitrogen and oxygen atoms in total. The first-order valence-electron chi connectivity index (χ1n) is 7.56. The van der Waals surface area contributed by atoms with E-state index in [0.29, 0.717) is 12.0 Å². The van der Waals surface area contributed by atoms with Crippen LogP contribution in [0.3, 0.4) is 0 Å². The van der Waals surface area contributed by atoms with Crippen molar-refractivity contribution in [2.45, 2.75) is 51.5 Å². The monoisotopic (exact) mass is 261 g/mol. The summed E-state index contributed by atoms with van der Waals surface area (Å²) in [5, 5.41) is 3.43. The van der Waals surface area contributed by atoms with Crippen molar-refractivity contribution < 1.29 is 0 Å². The van der Waals surface area contributed by atoms with Gasteiger partial charge in [-0.05, 0) is 58.0 Å². The summed E-state index contributed by atoms with van der Waals surface area (Å²) in [7, 11) is 0. The maximum atomic E-state index is 12.2. The summed E-state index contributed by atoms with van der Waals surface area (Å²) in [6.45, 7) is 4.32. The Kier molecular flexibility index (Phi) is 3.69. The third-order valence-electron chi connectivity index (χ3n) is 4.44. The van der Waals surface area contributed by atoms with E-state index < -0.39 is 0 Å². The Morgan fingerprint density at radius 3 is 3.11 bits per heavy atom. The van der Waals surface area contributed by atoms with Crippen LogP contribution < -0.4 is 10.9 Å². The van der Waals surface area contributed by atoms with Gasteiger partial charge >= 0.3 is 0 Å². The molecule has 1 N–H and O–H groups in total. The molecule has 0 aliphatic carbocycles. The summed E-state index contributed by atoms with van der Waals surface area (Å²) >= 11 is 0. The summed E-state index contributed by atoms with van der Waals surface area (Å²) in [5.74, 6) is 1.65. The van der Waals surface area contributed by atoms with Crippen molar-refractivity contribution in [2.24, 2.45) is 5.92 Å². The van der Waals surface area contributed by atoms with Crippen molar-refractivity contribution in [1.82, 2.24) is 14.9 Å². The second-order valence-corrected chi connectivity index (χ2v) is 6.03. The maximum absolute atomic E-state index is 12.2. The van der Waals surface area contributed by atoms with E-state index in [-0.39, 0.29) is 5.56 Å². The molecule has 0 bridgehead atoms. The molecule has 3 heterocycles. The highest BCUT2D eigenvalue weighted by atomic mass is 16.1. The van der Waals surface area contributed by atoms with Crippen LogP contribution in [0.15, 0.2) is 10.9 Å². The van der Waals surface area contributed by atoms with Crippen LogP contribution in [-0.4, -0.2) is 22.6 Å². The van der Waals surface area contributed by atoms with Crippen molar-refractivity contribution >= 4 is 0 Å². The van der Waals surface area contributed by atoms with Crippen LogP contribution in [0.4, 0.5) is 0 Å². The van der Waals surface area contributed by atoms with Crippen molar-refractivity contribution in [3.8, 4) is 0 Å². The maximum Gasteiger partial charge on any atom is 0.253 e. The summed E-state index contributed by atoms with van der Waals surface area (Å²) in [6.07, 6.45) is 6.65. The lowest BCUT2D eigenvalue weighted by atomic mass is 9.94. The number of nitrogens with zero attached hydrogens (tertiary/aromatic N) is 2. The zero-order valence-electron chi connectivity index (χ0n) is 11.7. The number of aryl methyl sites for hydroxylation is 1. The molecular weight excluding hydrogens is 238 g/mol. The van der Waals surface area contributed by atoms with E-state index in [4.69, 9.17) is 4.98 Å². The molecule has 3 rings (SSSR count). The Bertz CT molecular complexity index is 503. The summed E-state index contributed by atoms with van der Waals surface area (Å²) < 4.78 is 1.89. The Labute approximate surface area is 114 Å². The van der Waals surface area contributed by atoms with Gasteiger partial charge in [0.1, 0.15) is 5.82 Å². The molecule has 2 aliphatic rings. The molecule has 0 amide bonds. The van der Waals surface area contributed by atoms with Gasteiger partial charge in [0.2, 0.25) is 0 Å². The van der Waals surface area contributed by atoms with Gasteiger partial charge in [0, 0.05) is 24.2 Å². The fraction of sp³-hybridized carbons (Fsp3) is 0.733. The van der Waals surface area contributed by atoms with Gasteiger partial charge in [-0.2, -0.15) is 0 Å². The standard InChI is InChI=1S/C15H23N3O/c1-11-4-2-6-14-17-13(9-15(19)18(11)14)8-12-5-3-7-16-10-12/h9,11-12,16H,2-8,10H2,1H3. The highest BCUT2D eigenvalue weighted by molar-refractivity contribution is 5.09. The molecule has 0 spiro atoms. The average molecular weight is 261 g/mol. The Morgan fingerprint density at radius 2 is 2.32 bits per heavy atom. The fourth-order valence-corrected chi connectivity index (χ4v) is 3.42. The van der Waals surface area contributed by atoms with Crippen molar-refractivity contribution in [3.63, 3.8) is 0 Å². The van der Waals surface area contributed by atoms with Crippen LogP contribution in [0.1, 0.15) is 50.2 Å². The number of piperidine rings is 1.